The Morgan fingerprint density at radius 3 is 2.89 bits per heavy atom. The quantitative estimate of drug-likeness (QED) is 0.505. The average Bonchev–Trinajstić information content (AvgIpc) is 3.25. The number of nitrogens with zero attached hydrogens (tertiary/aromatic N) is 3. The summed E-state index contributed by atoms with van der Waals surface area (Å²) in [5.74, 6) is 2.25. The summed E-state index contributed by atoms with van der Waals surface area (Å²) in [5.41, 5.74) is 4.62. The van der Waals surface area contributed by atoms with Crippen LogP contribution in [0.1, 0.15) is 18.5 Å². The highest BCUT2D eigenvalue weighted by Gasteiger charge is 2.22. The number of fused-ring (bicyclic) bond motifs is 1. The second-order valence-electron chi connectivity index (χ2n) is 7.34. The van der Waals surface area contributed by atoms with Crippen molar-refractivity contribution in [2.24, 2.45) is 5.92 Å². The molecule has 1 N–H and O–H groups in total. The molecule has 0 unspecified atom stereocenters. The molecule has 1 aliphatic carbocycles. The van der Waals surface area contributed by atoms with Gasteiger partial charge in [-0.2, -0.15) is 5.10 Å². The van der Waals surface area contributed by atoms with E-state index in [2.05, 4.69) is 39.4 Å². The minimum absolute atomic E-state index is 0.726. The molecular formula is C22H22N4O2. The number of benzene rings is 2. The number of nitrogens with one attached hydrogen (secondary N) is 1. The van der Waals surface area contributed by atoms with Crippen molar-refractivity contribution in [1.29, 1.82) is 0 Å². The van der Waals surface area contributed by atoms with Gasteiger partial charge in [0.05, 0.1) is 24.1 Å². The molecule has 2 aromatic carbocycles. The smallest absolute Gasteiger partial charge is 0.181 e. The first kappa shape index (κ1) is 16.9. The zero-order chi connectivity index (χ0) is 19.1. The number of aromatic nitrogens is 3. The largest absolute Gasteiger partial charge is 0.496 e. The molecule has 4 aromatic rings. The van der Waals surface area contributed by atoms with E-state index in [1.807, 2.05) is 25.1 Å². The van der Waals surface area contributed by atoms with E-state index in [1.54, 1.807) is 7.11 Å². The fourth-order valence-electron chi connectivity index (χ4n) is 3.53. The number of hydrogen-bond acceptors (Lipinski definition) is 5. The van der Waals surface area contributed by atoms with Gasteiger partial charge in [-0.25, -0.2) is 4.98 Å². The van der Waals surface area contributed by atoms with E-state index in [-0.39, 0.29) is 0 Å². The van der Waals surface area contributed by atoms with Gasteiger partial charge in [-0.3, -0.25) is 4.68 Å². The SMILES string of the molecule is COc1cc(Nc2cccc3cn(CC4CC4)nc23)ccc1-c1ocnc1C. The highest BCUT2D eigenvalue weighted by Crippen LogP contribution is 2.36. The van der Waals surface area contributed by atoms with Gasteiger partial charge in [0.15, 0.2) is 12.2 Å². The van der Waals surface area contributed by atoms with Gasteiger partial charge in [0.1, 0.15) is 11.3 Å². The average molecular weight is 374 g/mol. The van der Waals surface area contributed by atoms with E-state index >= 15 is 0 Å². The second-order valence-corrected chi connectivity index (χ2v) is 7.34. The molecule has 0 atom stereocenters. The predicted octanol–water partition coefficient (Wildman–Crippen LogP) is 5.16. The maximum Gasteiger partial charge on any atom is 0.181 e. The van der Waals surface area contributed by atoms with E-state index in [1.165, 1.54) is 19.2 Å². The lowest BCUT2D eigenvalue weighted by atomic mass is 10.1. The van der Waals surface area contributed by atoms with Crippen LogP contribution in [0.15, 0.2) is 53.4 Å². The molecule has 0 bridgehead atoms. The number of rotatable bonds is 6. The Kier molecular flexibility index (Phi) is 4.04. The fraction of sp³-hybridized carbons (Fsp3) is 0.273. The first-order valence-corrected chi connectivity index (χ1v) is 9.53. The minimum Gasteiger partial charge on any atom is -0.496 e. The molecular weight excluding hydrogens is 352 g/mol. The second kappa shape index (κ2) is 6.71. The van der Waals surface area contributed by atoms with Crippen LogP contribution in [-0.4, -0.2) is 21.9 Å². The van der Waals surface area contributed by atoms with Crippen LogP contribution in [-0.2, 0) is 6.54 Å². The summed E-state index contributed by atoms with van der Waals surface area (Å²) in [5, 5.41) is 9.43. The van der Waals surface area contributed by atoms with Gasteiger partial charge in [-0.1, -0.05) is 12.1 Å². The van der Waals surface area contributed by atoms with Crippen molar-refractivity contribution in [2.45, 2.75) is 26.3 Å². The Morgan fingerprint density at radius 1 is 1.25 bits per heavy atom. The van der Waals surface area contributed by atoms with Crippen LogP contribution in [0.25, 0.3) is 22.2 Å². The van der Waals surface area contributed by atoms with Crippen molar-refractivity contribution in [3.05, 3.63) is 54.7 Å². The third kappa shape index (κ3) is 3.11. The van der Waals surface area contributed by atoms with E-state index in [9.17, 15) is 0 Å². The van der Waals surface area contributed by atoms with Gasteiger partial charge in [-0.15, -0.1) is 0 Å². The molecule has 2 aromatic heterocycles. The van der Waals surface area contributed by atoms with Gasteiger partial charge < -0.3 is 14.5 Å². The van der Waals surface area contributed by atoms with Crippen LogP contribution < -0.4 is 10.1 Å². The predicted molar refractivity (Wildman–Crippen MR) is 109 cm³/mol. The van der Waals surface area contributed by atoms with E-state index in [4.69, 9.17) is 14.3 Å². The Morgan fingerprint density at radius 2 is 2.14 bits per heavy atom. The number of aryl methyl sites for hydroxylation is 1. The molecule has 6 heteroatoms. The molecule has 0 saturated heterocycles. The summed E-state index contributed by atoms with van der Waals surface area (Å²) in [6.45, 7) is 2.93. The molecule has 5 rings (SSSR count). The number of methoxy groups -OCH3 is 1. The lowest BCUT2D eigenvalue weighted by Crippen LogP contribution is -2.00. The fourth-order valence-corrected chi connectivity index (χ4v) is 3.53. The lowest BCUT2D eigenvalue weighted by molar-refractivity contribution is 0.415. The molecule has 1 saturated carbocycles. The number of ether oxygens (including phenoxy) is 1. The van der Waals surface area contributed by atoms with Crippen LogP contribution in [0, 0.1) is 12.8 Å². The van der Waals surface area contributed by atoms with Crippen molar-refractivity contribution in [3.63, 3.8) is 0 Å². The van der Waals surface area contributed by atoms with Gasteiger partial charge in [0, 0.05) is 29.9 Å². The van der Waals surface area contributed by atoms with Crippen molar-refractivity contribution >= 4 is 22.3 Å². The highest BCUT2D eigenvalue weighted by atomic mass is 16.5. The third-order valence-corrected chi connectivity index (χ3v) is 5.20. The van der Waals surface area contributed by atoms with E-state index in [0.29, 0.717) is 0 Å². The van der Waals surface area contributed by atoms with Gasteiger partial charge >= 0.3 is 0 Å². The molecule has 2 heterocycles. The molecule has 1 aliphatic rings. The van der Waals surface area contributed by atoms with Crippen LogP contribution in [0.2, 0.25) is 0 Å². The number of anilines is 2. The first-order valence-electron chi connectivity index (χ1n) is 9.53. The Balaban J connectivity index is 1.47. The van der Waals surface area contributed by atoms with Crippen LogP contribution in [0.5, 0.6) is 5.75 Å². The zero-order valence-electron chi connectivity index (χ0n) is 16.0. The van der Waals surface area contributed by atoms with Crippen LogP contribution >= 0.6 is 0 Å². The molecule has 0 spiro atoms. The summed E-state index contributed by atoms with van der Waals surface area (Å²) in [6, 6.07) is 12.2. The van der Waals surface area contributed by atoms with E-state index in [0.717, 1.165) is 57.5 Å². The monoisotopic (exact) mass is 374 g/mol. The summed E-state index contributed by atoms with van der Waals surface area (Å²) < 4.78 is 13.2. The molecule has 142 valence electrons. The number of hydrogen-bond donors (Lipinski definition) is 1. The maximum absolute atomic E-state index is 5.60. The molecule has 0 radical (unpaired) electrons. The third-order valence-electron chi connectivity index (χ3n) is 5.20. The Hall–Kier alpha value is -3.28. The Labute approximate surface area is 163 Å². The topological polar surface area (TPSA) is 65.1 Å². The lowest BCUT2D eigenvalue weighted by Gasteiger charge is -2.12. The summed E-state index contributed by atoms with van der Waals surface area (Å²) >= 11 is 0. The van der Waals surface area contributed by atoms with Gasteiger partial charge in [0.25, 0.3) is 0 Å². The molecule has 1 fully saturated rings. The molecule has 0 amide bonds. The first-order chi connectivity index (χ1) is 13.7. The minimum atomic E-state index is 0.726. The molecule has 28 heavy (non-hydrogen) atoms. The van der Waals surface area contributed by atoms with Crippen LogP contribution in [0.4, 0.5) is 11.4 Å². The van der Waals surface area contributed by atoms with Gasteiger partial charge in [-0.05, 0) is 43.9 Å². The van der Waals surface area contributed by atoms with E-state index < -0.39 is 0 Å². The normalized spacial score (nSPS) is 13.8. The van der Waals surface area contributed by atoms with Gasteiger partial charge in [0.2, 0.25) is 0 Å². The Bertz CT molecular complexity index is 1140. The molecule has 6 nitrogen and oxygen atoms in total. The van der Waals surface area contributed by atoms with Crippen molar-refractivity contribution in [2.75, 3.05) is 12.4 Å². The molecule has 0 aliphatic heterocycles. The van der Waals surface area contributed by atoms with Crippen molar-refractivity contribution in [3.8, 4) is 17.1 Å². The summed E-state index contributed by atoms with van der Waals surface area (Å²) in [7, 11) is 1.66. The van der Waals surface area contributed by atoms with Crippen molar-refractivity contribution in [1.82, 2.24) is 14.8 Å². The van der Waals surface area contributed by atoms with Crippen LogP contribution in [0.3, 0.4) is 0 Å². The summed E-state index contributed by atoms with van der Waals surface area (Å²) in [4.78, 5) is 4.17. The zero-order valence-corrected chi connectivity index (χ0v) is 16.0. The maximum atomic E-state index is 5.60. The highest BCUT2D eigenvalue weighted by molar-refractivity contribution is 5.92. The van der Waals surface area contributed by atoms with Crippen molar-refractivity contribution < 1.29 is 9.15 Å². The number of oxazole rings is 1. The standard InChI is InChI=1S/C22H22N4O2/c1-14-22(28-13-23-14)18-9-8-17(10-20(18)27-2)24-19-5-3-4-16-12-26(25-21(16)19)11-15-6-7-15/h3-5,8-10,12-13,15,24H,6-7,11H2,1-2H3. The summed E-state index contributed by atoms with van der Waals surface area (Å²) in [6.07, 6.45) is 6.22.